The van der Waals surface area contributed by atoms with Crippen LogP contribution in [0, 0.1) is 5.41 Å². The van der Waals surface area contributed by atoms with Gasteiger partial charge in [-0.15, -0.1) is 0 Å². The van der Waals surface area contributed by atoms with E-state index in [1.807, 2.05) is 0 Å². The van der Waals surface area contributed by atoms with Gasteiger partial charge in [-0.2, -0.15) is 0 Å². The van der Waals surface area contributed by atoms with Gasteiger partial charge in [0.2, 0.25) is 0 Å². The summed E-state index contributed by atoms with van der Waals surface area (Å²) < 4.78 is 5.09. The van der Waals surface area contributed by atoms with Crippen molar-refractivity contribution in [2.45, 2.75) is 31.7 Å². The third kappa shape index (κ3) is 0.966. The second-order valence-corrected chi connectivity index (χ2v) is 4.64. The van der Waals surface area contributed by atoms with Gasteiger partial charge in [0.1, 0.15) is 0 Å². The van der Waals surface area contributed by atoms with Crippen molar-refractivity contribution in [1.82, 2.24) is 4.90 Å². The average molecular weight is 181 g/mol. The van der Waals surface area contributed by atoms with Crippen LogP contribution in [0.25, 0.3) is 0 Å². The molecule has 3 rings (SSSR count). The van der Waals surface area contributed by atoms with Crippen LogP contribution >= 0.6 is 0 Å². The molecule has 0 radical (unpaired) electrons. The fourth-order valence-corrected chi connectivity index (χ4v) is 3.16. The topological polar surface area (TPSA) is 29.5 Å². The molecule has 0 amide bonds. The van der Waals surface area contributed by atoms with E-state index in [1.165, 1.54) is 19.4 Å². The third-order valence-electron chi connectivity index (χ3n) is 3.88. The first-order valence-electron chi connectivity index (χ1n) is 5.21. The monoisotopic (exact) mass is 181 g/mol. The summed E-state index contributed by atoms with van der Waals surface area (Å²) in [5, 5.41) is 0. The van der Waals surface area contributed by atoms with E-state index < -0.39 is 0 Å². The maximum Gasteiger partial charge on any atom is 0.313 e. The smallest absolute Gasteiger partial charge is 0.313 e. The molecule has 3 nitrogen and oxygen atoms in total. The minimum atomic E-state index is -0.0922. The van der Waals surface area contributed by atoms with E-state index in [9.17, 15) is 4.79 Å². The highest BCUT2D eigenvalue weighted by Crippen LogP contribution is 2.45. The van der Waals surface area contributed by atoms with Crippen molar-refractivity contribution in [3.63, 3.8) is 0 Å². The molecular formula is C10H15NO2. The number of ether oxygens (including phenoxy) is 1. The first-order valence-corrected chi connectivity index (χ1v) is 5.21. The zero-order chi connectivity index (χ0) is 8.89. The Morgan fingerprint density at radius 1 is 1.54 bits per heavy atom. The molecule has 13 heavy (non-hydrogen) atoms. The van der Waals surface area contributed by atoms with Gasteiger partial charge in [-0.3, -0.25) is 9.69 Å². The van der Waals surface area contributed by atoms with E-state index in [1.54, 1.807) is 0 Å². The maximum atomic E-state index is 11.6. The Balaban J connectivity index is 1.84. The molecule has 3 fully saturated rings. The van der Waals surface area contributed by atoms with Crippen LogP contribution in [0.5, 0.6) is 0 Å². The largest absolute Gasteiger partial charge is 0.465 e. The van der Waals surface area contributed by atoms with Crippen LogP contribution in [-0.4, -0.2) is 36.6 Å². The van der Waals surface area contributed by atoms with Crippen molar-refractivity contribution >= 4 is 5.97 Å². The van der Waals surface area contributed by atoms with Crippen LogP contribution in [0.3, 0.4) is 0 Å². The van der Waals surface area contributed by atoms with Crippen molar-refractivity contribution in [2.24, 2.45) is 5.41 Å². The van der Waals surface area contributed by atoms with E-state index >= 15 is 0 Å². The van der Waals surface area contributed by atoms with Gasteiger partial charge in [-0.25, -0.2) is 0 Å². The van der Waals surface area contributed by atoms with E-state index in [0.717, 1.165) is 19.4 Å². The summed E-state index contributed by atoms with van der Waals surface area (Å²) >= 11 is 0. The van der Waals surface area contributed by atoms with Crippen molar-refractivity contribution in [1.29, 1.82) is 0 Å². The zero-order valence-electron chi connectivity index (χ0n) is 7.79. The van der Waals surface area contributed by atoms with Gasteiger partial charge in [0.25, 0.3) is 0 Å². The summed E-state index contributed by atoms with van der Waals surface area (Å²) in [6.45, 7) is 2.82. The Morgan fingerprint density at radius 2 is 2.46 bits per heavy atom. The van der Waals surface area contributed by atoms with Crippen LogP contribution in [0.4, 0.5) is 0 Å². The predicted molar refractivity (Wildman–Crippen MR) is 47.2 cm³/mol. The molecule has 0 N–H and O–H groups in total. The molecule has 0 aliphatic carbocycles. The summed E-state index contributed by atoms with van der Waals surface area (Å²) in [6.07, 6.45) is 4.62. The van der Waals surface area contributed by atoms with Gasteiger partial charge in [-0.1, -0.05) is 0 Å². The van der Waals surface area contributed by atoms with Crippen LogP contribution in [0.15, 0.2) is 0 Å². The lowest BCUT2D eigenvalue weighted by Gasteiger charge is -2.18. The number of carbonyl (C=O) groups excluding carboxylic acids is 1. The molecule has 1 spiro atoms. The van der Waals surface area contributed by atoms with Gasteiger partial charge < -0.3 is 4.74 Å². The SMILES string of the molecule is O=C1OCC[C@]12C[C@@H]1CCCN1C2. The minimum Gasteiger partial charge on any atom is -0.465 e. The van der Waals surface area contributed by atoms with Crippen LogP contribution in [0.1, 0.15) is 25.7 Å². The third-order valence-corrected chi connectivity index (χ3v) is 3.88. The van der Waals surface area contributed by atoms with Crippen molar-refractivity contribution in [2.75, 3.05) is 19.7 Å². The number of hydrogen-bond acceptors (Lipinski definition) is 3. The molecule has 3 heterocycles. The van der Waals surface area contributed by atoms with Crippen molar-refractivity contribution in [3.8, 4) is 0 Å². The zero-order valence-corrected chi connectivity index (χ0v) is 7.79. The molecule has 2 atom stereocenters. The van der Waals surface area contributed by atoms with E-state index in [4.69, 9.17) is 4.74 Å². The molecular weight excluding hydrogens is 166 g/mol. The van der Waals surface area contributed by atoms with Gasteiger partial charge in [-0.05, 0) is 32.2 Å². The number of cyclic esters (lactones) is 1. The number of fused-ring (bicyclic) bond motifs is 1. The summed E-state index contributed by atoms with van der Waals surface area (Å²) in [4.78, 5) is 14.1. The second kappa shape index (κ2) is 2.47. The standard InChI is InChI=1S/C10H15NO2/c12-9-10(3-5-13-9)6-8-2-1-4-11(8)7-10/h8H,1-7H2/t8-,10+/m0/s1. The summed E-state index contributed by atoms with van der Waals surface area (Å²) in [5.41, 5.74) is -0.0922. The molecule has 0 aromatic heterocycles. The molecule has 72 valence electrons. The Morgan fingerprint density at radius 3 is 3.15 bits per heavy atom. The van der Waals surface area contributed by atoms with Crippen molar-refractivity contribution < 1.29 is 9.53 Å². The fourth-order valence-electron chi connectivity index (χ4n) is 3.16. The molecule has 0 bridgehead atoms. The Hall–Kier alpha value is -0.570. The highest BCUT2D eigenvalue weighted by Gasteiger charge is 2.53. The first-order chi connectivity index (χ1) is 6.30. The molecule has 3 heteroatoms. The van der Waals surface area contributed by atoms with Gasteiger partial charge in [0.15, 0.2) is 0 Å². The quantitative estimate of drug-likeness (QED) is 0.517. The Kier molecular flexibility index (Phi) is 1.48. The summed E-state index contributed by atoms with van der Waals surface area (Å²) in [7, 11) is 0. The Bertz CT molecular complexity index is 239. The van der Waals surface area contributed by atoms with E-state index in [0.29, 0.717) is 12.6 Å². The lowest BCUT2D eigenvalue weighted by atomic mass is 9.83. The normalized spacial score (nSPS) is 44.3. The molecule has 3 saturated heterocycles. The molecule has 3 aliphatic rings. The van der Waals surface area contributed by atoms with Crippen LogP contribution < -0.4 is 0 Å². The number of rotatable bonds is 0. The lowest BCUT2D eigenvalue weighted by Crippen LogP contribution is -2.30. The fraction of sp³-hybridized carbons (Fsp3) is 0.900. The number of esters is 1. The molecule has 0 unspecified atom stereocenters. The van der Waals surface area contributed by atoms with Crippen LogP contribution in [0.2, 0.25) is 0 Å². The minimum absolute atomic E-state index is 0.0712. The summed E-state index contributed by atoms with van der Waals surface area (Å²) in [6, 6.07) is 0.686. The second-order valence-electron chi connectivity index (χ2n) is 4.64. The molecule has 0 saturated carbocycles. The van der Waals surface area contributed by atoms with Gasteiger partial charge >= 0.3 is 5.97 Å². The highest BCUT2D eigenvalue weighted by molar-refractivity contribution is 5.79. The van der Waals surface area contributed by atoms with Gasteiger partial charge in [0, 0.05) is 12.6 Å². The highest BCUT2D eigenvalue weighted by atomic mass is 16.5. The molecule has 0 aromatic carbocycles. The predicted octanol–water partition coefficient (Wildman–Crippen LogP) is 0.788. The number of carbonyl (C=O) groups is 1. The first kappa shape index (κ1) is 7.80. The molecule has 3 aliphatic heterocycles. The maximum absolute atomic E-state index is 11.6. The lowest BCUT2D eigenvalue weighted by molar-refractivity contribution is -0.145. The van der Waals surface area contributed by atoms with Crippen LogP contribution in [-0.2, 0) is 9.53 Å². The van der Waals surface area contributed by atoms with Crippen molar-refractivity contribution in [3.05, 3.63) is 0 Å². The van der Waals surface area contributed by atoms with E-state index in [-0.39, 0.29) is 11.4 Å². The Labute approximate surface area is 78.0 Å². The number of nitrogens with zero attached hydrogens (tertiary/aromatic N) is 1. The summed E-state index contributed by atoms with van der Waals surface area (Å²) in [5.74, 6) is 0.0712. The van der Waals surface area contributed by atoms with Gasteiger partial charge in [0.05, 0.1) is 12.0 Å². The number of hydrogen-bond donors (Lipinski definition) is 0. The molecule has 0 aromatic rings. The van der Waals surface area contributed by atoms with E-state index in [2.05, 4.69) is 4.90 Å². The average Bonchev–Trinajstić information content (AvgIpc) is 2.69.